The van der Waals surface area contributed by atoms with E-state index in [0.29, 0.717) is 11.7 Å². The number of rotatable bonds is 5. The van der Waals surface area contributed by atoms with Crippen molar-refractivity contribution in [3.8, 4) is 11.3 Å². The third-order valence-corrected chi connectivity index (χ3v) is 4.84. The highest BCUT2D eigenvalue weighted by atomic mass is 15.2. The lowest BCUT2D eigenvalue weighted by Crippen LogP contribution is -2.03. The predicted molar refractivity (Wildman–Crippen MR) is 111 cm³/mol. The smallest absolute Gasteiger partial charge is 0.235 e. The van der Waals surface area contributed by atoms with Gasteiger partial charge in [-0.25, -0.2) is 9.97 Å². The van der Waals surface area contributed by atoms with E-state index >= 15 is 0 Å². The summed E-state index contributed by atoms with van der Waals surface area (Å²) < 4.78 is 2.01. The van der Waals surface area contributed by atoms with Gasteiger partial charge in [-0.05, 0) is 30.0 Å². The fourth-order valence-corrected chi connectivity index (χ4v) is 3.18. The van der Waals surface area contributed by atoms with Crippen molar-refractivity contribution >= 4 is 11.6 Å². The zero-order valence-electron chi connectivity index (χ0n) is 16.0. The quantitative estimate of drug-likeness (QED) is 0.518. The van der Waals surface area contributed by atoms with E-state index in [0.717, 1.165) is 23.6 Å². The summed E-state index contributed by atoms with van der Waals surface area (Å²) in [5.41, 5.74) is 5.85. The van der Waals surface area contributed by atoms with E-state index in [1.165, 1.54) is 16.7 Å². The lowest BCUT2D eigenvalue weighted by molar-refractivity contribution is 0.867. The first-order valence-corrected chi connectivity index (χ1v) is 9.34. The van der Waals surface area contributed by atoms with Crippen molar-refractivity contribution in [2.75, 3.05) is 5.32 Å². The highest BCUT2D eigenvalue weighted by Crippen LogP contribution is 2.29. The number of anilines is 1. The van der Waals surface area contributed by atoms with Crippen LogP contribution in [0.5, 0.6) is 0 Å². The van der Waals surface area contributed by atoms with Gasteiger partial charge in [0.05, 0.1) is 0 Å². The SMILES string of the molecule is Cc1ccc(CNc2c(-c3ccc(C(C)C)cc3)nc3ncccn23)cc1. The van der Waals surface area contributed by atoms with Crippen molar-refractivity contribution in [1.82, 2.24) is 14.4 Å². The van der Waals surface area contributed by atoms with Crippen molar-refractivity contribution < 1.29 is 0 Å². The molecule has 2 aromatic heterocycles. The number of aromatic nitrogens is 3. The molecule has 0 radical (unpaired) electrons. The summed E-state index contributed by atoms with van der Waals surface area (Å²) in [5.74, 6) is 2.18. The van der Waals surface area contributed by atoms with Crippen LogP contribution in [0.15, 0.2) is 67.0 Å². The Kier molecular flexibility index (Phi) is 4.63. The molecule has 2 heterocycles. The predicted octanol–water partition coefficient (Wildman–Crippen LogP) is 5.44. The molecule has 0 unspecified atom stereocenters. The van der Waals surface area contributed by atoms with Crippen molar-refractivity contribution in [3.63, 3.8) is 0 Å². The Morgan fingerprint density at radius 1 is 1.00 bits per heavy atom. The van der Waals surface area contributed by atoms with E-state index < -0.39 is 0 Å². The van der Waals surface area contributed by atoms with Crippen LogP contribution in [0.2, 0.25) is 0 Å². The standard InChI is InChI=1S/C23H24N4/c1-16(2)19-9-11-20(12-10-19)21-22(27-14-4-13-24-23(27)26-21)25-15-18-7-5-17(3)6-8-18/h4-14,16,25H,15H2,1-3H3. The van der Waals surface area contributed by atoms with Crippen molar-refractivity contribution in [2.24, 2.45) is 0 Å². The van der Waals surface area contributed by atoms with E-state index in [1.54, 1.807) is 6.20 Å². The van der Waals surface area contributed by atoms with Crippen LogP contribution >= 0.6 is 0 Å². The van der Waals surface area contributed by atoms with Crippen LogP contribution in [-0.4, -0.2) is 14.4 Å². The first kappa shape index (κ1) is 17.3. The number of nitrogens with zero attached hydrogens (tertiary/aromatic N) is 3. The van der Waals surface area contributed by atoms with Crippen molar-refractivity contribution in [2.45, 2.75) is 33.2 Å². The van der Waals surface area contributed by atoms with Gasteiger partial charge in [-0.15, -0.1) is 0 Å². The monoisotopic (exact) mass is 356 g/mol. The lowest BCUT2D eigenvalue weighted by Gasteiger charge is -2.10. The van der Waals surface area contributed by atoms with Gasteiger partial charge in [-0.2, -0.15) is 0 Å². The molecule has 0 spiro atoms. The Labute approximate surface area is 159 Å². The molecule has 0 amide bonds. The van der Waals surface area contributed by atoms with Crippen molar-refractivity contribution in [1.29, 1.82) is 0 Å². The molecule has 0 aliphatic carbocycles. The highest BCUT2D eigenvalue weighted by molar-refractivity contribution is 5.75. The number of benzene rings is 2. The molecule has 4 rings (SSSR count). The maximum atomic E-state index is 4.77. The number of aryl methyl sites for hydroxylation is 1. The first-order valence-electron chi connectivity index (χ1n) is 9.34. The van der Waals surface area contributed by atoms with Crippen LogP contribution < -0.4 is 5.32 Å². The van der Waals surface area contributed by atoms with Gasteiger partial charge in [0, 0.05) is 24.5 Å². The minimum Gasteiger partial charge on any atom is -0.365 e. The largest absolute Gasteiger partial charge is 0.365 e. The lowest BCUT2D eigenvalue weighted by atomic mass is 10.0. The van der Waals surface area contributed by atoms with Crippen LogP contribution in [0.3, 0.4) is 0 Å². The summed E-state index contributed by atoms with van der Waals surface area (Å²) >= 11 is 0. The Balaban J connectivity index is 1.71. The van der Waals surface area contributed by atoms with Crippen LogP contribution in [0.4, 0.5) is 5.82 Å². The second-order valence-corrected chi connectivity index (χ2v) is 7.21. The fraction of sp³-hybridized carbons (Fsp3) is 0.217. The second kappa shape index (κ2) is 7.23. The minimum absolute atomic E-state index is 0.515. The highest BCUT2D eigenvalue weighted by Gasteiger charge is 2.15. The molecule has 136 valence electrons. The zero-order valence-corrected chi connectivity index (χ0v) is 16.0. The van der Waals surface area contributed by atoms with Crippen molar-refractivity contribution in [3.05, 3.63) is 83.7 Å². The van der Waals surface area contributed by atoms with Gasteiger partial charge in [-0.3, -0.25) is 4.40 Å². The number of hydrogen-bond acceptors (Lipinski definition) is 3. The molecule has 0 aliphatic rings. The molecule has 4 nitrogen and oxygen atoms in total. The number of imidazole rings is 1. The molecular weight excluding hydrogens is 332 g/mol. The van der Waals surface area contributed by atoms with Gasteiger partial charge in [0.1, 0.15) is 11.5 Å². The van der Waals surface area contributed by atoms with E-state index in [2.05, 4.69) is 79.6 Å². The summed E-state index contributed by atoms with van der Waals surface area (Å²) in [6.45, 7) is 7.25. The topological polar surface area (TPSA) is 42.2 Å². The summed E-state index contributed by atoms with van der Waals surface area (Å²) in [5, 5.41) is 3.57. The molecule has 0 aliphatic heterocycles. The van der Waals surface area contributed by atoms with E-state index in [-0.39, 0.29) is 0 Å². The molecule has 0 saturated carbocycles. The maximum absolute atomic E-state index is 4.77. The number of fused-ring (bicyclic) bond motifs is 1. The third-order valence-electron chi connectivity index (χ3n) is 4.84. The average molecular weight is 356 g/mol. The van der Waals surface area contributed by atoms with Gasteiger partial charge >= 0.3 is 0 Å². The van der Waals surface area contributed by atoms with Crippen LogP contribution in [0.25, 0.3) is 17.0 Å². The Morgan fingerprint density at radius 2 is 1.74 bits per heavy atom. The summed E-state index contributed by atoms with van der Waals surface area (Å²) in [6.07, 6.45) is 3.77. The molecule has 27 heavy (non-hydrogen) atoms. The molecule has 1 N–H and O–H groups in total. The zero-order chi connectivity index (χ0) is 18.8. The normalized spacial score (nSPS) is 11.3. The molecule has 4 heteroatoms. The fourth-order valence-electron chi connectivity index (χ4n) is 3.18. The Hall–Kier alpha value is -3.14. The minimum atomic E-state index is 0.515. The second-order valence-electron chi connectivity index (χ2n) is 7.21. The van der Waals surface area contributed by atoms with E-state index in [4.69, 9.17) is 4.98 Å². The summed E-state index contributed by atoms with van der Waals surface area (Å²) in [4.78, 5) is 9.19. The number of hydrogen-bond donors (Lipinski definition) is 1. The van der Waals surface area contributed by atoms with E-state index in [1.807, 2.05) is 16.7 Å². The first-order chi connectivity index (χ1) is 13.1. The molecule has 0 atom stereocenters. The Bertz CT molecular complexity index is 1040. The van der Waals surface area contributed by atoms with Gasteiger partial charge in [0.2, 0.25) is 5.78 Å². The summed E-state index contributed by atoms with van der Waals surface area (Å²) in [7, 11) is 0. The molecule has 2 aromatic carbocycles. The third kappa shape index (κ3) is 3.56. The van der Waals surface area contributed by atoms with E-state index in [9.17, 15) is 0 Å². The molecule has 0 saturated heterocycles. The molecule has 0 fully saturated rings. The van der Waals surface area contributed by atoms with Crippen LogP contribution in [0, 0.1) is 6.92 Å². The maximum Gasteiger partial charge on any atom is 0.235 e. The Morgan fingerprint density at radius 3 is 2.44 bits per heavy atom. The number of nitrogens with one attached hydrogen (secondary N) is 1. The van der Waals surface area contributed by atoms with Gasteiger partial charge in [0.15, 0.2) is 0 Å². The molecule has 4 aromatic rings. The van der Waals surface area contributed by atoms with Crippen LogP contribution in [-0.2, 0) is 6.54 Å². The average Bonchev–Trinajstić information content (AvgIpc) is 3.06. The van der Waals surface area contributed by atoms with Crippen LogP contribution in [0.1, 0.15) is 36.5 Å². The summed E-state index contributed by atoms with van der Waals surface area (Å²) in [6, 6.07) is 19.2. The van der Waals surface area contributed by atoms with Gasteiger partial charge in [0.25, 0.3) is 0 Å². The van der Waals surface area contributed by atoms with Gasteiger partial charge < -0.3 is 5.32 Å². The van der Waals surface area contributed by atoms with Gasteiger partial charge in [-0.1, -0.05) is 67.9 Å². The molecular formula is C23H24N4. The molecule has 0 bridgehead atoms.